The molecule has 1 fully saturated rings. The van der Waals surface area contributed by atoms with E-state index in [0.29, 0.717) is 5.02 Å². The van der Waals surface area contributed by atoms with Gasteiger partial charge < -0.3 is 15.4 Å². The fourth-order valence-corrected chi connectivity index (χ4v) is 2.45. The number of nitrogens with one attached hydrogen (secondary N) is 2. The minimum Gasteiger partial charge on any atom is -0.376 e. The fourth-order valence-electron chi connectivity index (χ4n) is 2.26. The summed E-state index contributed by atoms with van der Waals surface area (Å²) < 4.78 is 5.58. The summed E-state index contributed by atoms with van der Waals surface area (Å²) in [5.74, 6) is 1.51. The van der Waals surface area contributed by atoms with Crippen molar-refractivity contribution in [2.24, 2.45) is 0 Å². The van der Waals surface area contributed by atoms with Crippen LogP contribution in [0.3, 0.4) is 0 Å². The molecule has 1 saturated heterocycles. The van der Waals surface area contributed by atoms with E-state index in [1.165, 1.54) is 6.33 Å². The smallest absolute Gasteiger partial charge is 0.135 e. The number of nitrogens with zero attached hydrogens (tertiary/aromatic N) is 2. The molecule has 1 aliphatic rings. The second kappa shape index (κ2) is 6.74. The molecule has 1 aliphatic heterocycles. The molecule has 2 aromatic rings. The lowest BCUT2D eigenvalue weighted by molar-refractivity contribution is 0.120. The molecule has 110 valence electrons. The molecule has 21 heavy (non-hydrogen) atoms. The first kappa shape index (κ1) is 14.1. The van der Waals surface area contributed by atoms with Gasteiger partial charge in [-0.3, -0.25) is 0 Å². The third-order valence-corrected chi connectivity index (χ3v) is 3.53. The lowest BCUT2D eigenvalue weighted by Gasteiger charge is -2.12. The second-order valence-electron chi connectivity index (χ2n) is 4.94. The van der Waals surface area contributed by atoms with Crippen LogP contribution in [0, 0.1) is 0 Å². The molecule has 0 saturated carbocycles. The van der Waals surface area contributed by atoms with Crippen LogP contribution in [0.1, 0.15) is 12.8 Å². The third-order valence-electron chi connectivity index (χ3n) is 3.30. The Morgan fingerprint density at radius 3 is 2.95 bits per heavy atom. The van der Waals surface area contributed by atoms with Crippen molar-refractivity contribution in [2.45, 2.75) is 18.9 Å². The van der Waals surface area contributed by atoms with E-state index in [0.717, 1.165) is 43.3 Å². The molecule has 0 bridgehead atoms. The fraction of sp³-hybridized carbons (Fsp3) is 0.333. The maximum absolute atomic E-state index is 5.97. The Balaban J connectivity index is 1.62. The van der Waals surface area contributed by atoms with E-state index in [2.05, 4.69) is 20.6 Å². The summed E-state index contributed by atoms with van der Waals surface area (Å²) in [7, 11) is 0. The van der Waals surface area contributed by atoms with Gasteiger partial charge in [-0.1, -0.05) is 17.7 Å². The van der Waals surface area contributed by atoms with Crippen LogP contribution < -0.4 is 10.6 Å². The molecule has 0 spiro atoms. The normalized spacial score (nSPS) is 17.7. The zero-order valence-corrected chi connectivity index (χ0v) is 12.3. The quantitative estimate of drug-likeness (QED) is 0.886. The number of anilines is 3. The molecular formula is C15H17ClN4O. The average Bonchev–Trinajstić information content (AvgIpc) is 2.99. The zero-order chi connectivity index (χ0) is 14.5. The Labute approximate surface area is 128 Å². The van der Waals surface area contributed by atoms with Crippen molar-refractivity contribution in [2.75, 3.05) is 23.8 Å². The molecule has 1 atom stereocenters. The lowest BCUT2D eigenvalue weighted by Crippen LogP contribution is -2.19. The van der Waals surface area contributed by atoms with Crippen molar-refractivity contribution in [1.82, 2.24) is 9.97 Å². The minimum absolute atomic E-state index is 0.282. The van der Waals surface area contributed by atoms with E-state index in [1.54, 1.807) is 0 Å². The van der Waals surface area contributed by atoms with Crippen LogP contribution in [-0.2, 0) is 4.74 Å². The number of halogens is 1. The van der Waals surface area contributed by atoms with Gasteiger partial charge in [-0.25, -0.2) is 9.97 Å². The van der Waals surface area contributed by atoms with Gasteiger partial charge in [0.25, 0.3) is 0 Å². The van der Waals surface area contributed by atoms with Crippen LogP contribution in [0.5, 0.6) is 0 Å². The molecule has 2 N–H and O–H groups in total. The van der Waals surface area contributed by atoms with Gasteiger partial charge in [-0.15, -0.1) is 0 Å². The average molecular weight is 305 g/mol. The monoisotopic (exact) mass is 304 g/mol. The van der Waals surface area contributed by atoms with Crippen molar-refractivity contribution in [3.05, 3.63) is 41.7 Å². The van der Waals surface area contributed by atoms with Gasteiger partial charge in [-0.2, -0.15) is 0 Å². The van der Waals surface area contributed by atoms with Gasteiger partial charge in [-0.05, 0) is 31.0 Å². The zero-order valence-electron chi connectivity index (χ0n) is 11.6. The Morgan fingerprint density at radius 1 is 1.24 bits per heavy atom. The van der Waals surface area contributed by atoms with Crippen molar-refractivity contribution < 1.29 is 4.74 Å². The highest BCUT2D eigenvalue weighted by Crippen LogP contribution is 2.20. The molecule has 0 aliphatic carbocycles. The molecule has 6 heteroatoms. The third kappa shape index (κ3) is 4.06. The summed E-state index contributed by atoms with van der Waals surface area (Å²) in [5, 5.41) is 7.17. The second-order valence-corrected chi connectivity index (χ2v) is 5.38. The van der Waals surface area contributed by atoms with Gasteiger partial charge in [0, 0.05) is 29.9 Å². The summed E-state index contributed by atoms with van der Waals surface area (Å²) in [5.41, 5.74) is 0.895. The molecule has 1 aromatic heterocycles. The van der Waals surface area contributed by atoms with Crippen molar-refractivity contribution in [1.29, 1.82) is 0 Å². The largest absolute Gasteiger partial charge is 0.376 e. The number of hydrogen-bond acceptors (Lipinski definition) is 5. The first-order valence-electron chi connectivity index (χ1n) is 7.00. The maximum atomic E-state index is 5.97. The highest BCUT2D eigenvalue weighted by Gasteiger charge is 2.15. The Bertz CT molecular complexity index is 602. The summed E-state index contributed by atoms with van der Waals surface area (Å²) in [6.07, 6.45) is 4.05. The SMILES string of the molecule is Clc1cccc(Nc2cc(NCC3CCCO3)ncn2)c1. The standard InChI is InChI=1S/C15H17ClN4O/c16-11-3-1-4-12(7-11)20-15-8-14(18-10-19-15)17-9-13-5-2-6-21-13/h1,3-4,7-8,10,13H,2,5-6,9H2,(H2,17,18,19,20). The molecule has 0 amide bonds. The van der Waals surface area contributed by atoms with Crippen LogP contribution >= 0.6 is 11.6 Å². The molecule has 5 nitrogen and oxygen atoms in total. The van der Waals surface area contributed by atoms with E-state index < -0.39 is 0 Å². The molecule has 3 rings (SSSR count). The van der Waals surface area contributed by atoms with Crippen LogP contribution in [0.25, 0.3) is 0 Å². The van der Waals surface area contributed by atoms with E-state index in [1.807, 2.05) is 30.3 Å². The van der Waals surface area contributed by atoms with Crippen molar-refractivity contribution in [3.63, 3.8) is 0 Å². The topological polar surface area (TPSA) is 59.1 Å². The van der Waals surface area contributed by atoms with E-state index in [4.69, 9.17) is 16.3 Å². The molecular weight excluding hydrogens is 288 g/mol. The van der Waals surface area contributed by atoms with E-state index in [9.17, 15) is 0 Å². The molecule has 1 unspecified atom stereocenters. The summed E-state index contributed by atoms with van der Waals surface area (Å²) in [6, 6.07) is 9.39. The number of ether oxygens (including phenoxy) is 1. The number of benzene rings is 1. The van der Waals surface area contributed by atoms with E-state index in [-0.39, 0.29) is 6.10 Å². The predicted octanol–water partition coefficient (Wildman–Crippen LogP) is 3.46. The van der Waals surface area contributed by atoms with Gasteiger partial charge >= 0.3 is 0 Å². The highest BCUT2D eigenvalue weighted by molar-refractivity contribution is 6.30. The van der Waals surface area contributed by atoms with Crippen LogP contribution in [0.15, 0.2) is 36.7 Å². The highest BCUT2D eigenvalue weighted by atomic mass is 35.5. The van der Waals surface area contributed by atoms with Crippen LogP contribution in [-0.4, -0.2) is 29.2 Å². The van der Waals surface area contributed by atoms with Crippen molar-refractivity contribution in [3.8, 4) is 0 Å². The number of hydrogen-bond donors (Lipinski definition) is 2. The minimum atomic E-state index is 0.282. The lowest BCUT2D eigenvalue weighted by atomic mass is 10.2. The van der Waals surface area contributed by atoms with Gasteiger partial charge in [0.2, 0.25) is 0 Å². The predicted molar refractivity (Wildman–Crippen MR) is 84.2 cm³/mol. The Morgan fingerprint density at radius 2 is 2.14 bits per heavy atom. The number of aromatic nitrogens is 2. The molecule has 1 aromatic carbocycles. The molecule has 2 heterocycles. The first-order chi connectivity index (χ1) is 10.3. The Hall–Kier alpha value is -1.85. The first-order valence-corrected chi connectivity index (χ1v) is 7.37. The van der Waals surface area contributed by atoms with Crippen LogP contribution in [0.4, 0.5) is 17.3 Å². The van der Waals surface area contributed by atoms with Crippen molar-refractivity contribution >= 4 is 28.9 Å². The van der Waals surface area contributed by atoms with Gasteiger partial charge in [0.15, 0.2) is 0 Å². The van der Waals surface area contributed by atoms with Gasteiger partial charge in [0.05, 0.1) is 6.10 Å². The number of rotatable bonds is 5. The summed E-state index contributed by atoms with van der Waals surface area (Å²) in [6.45, 7) is 1.63. The van der Waals surface area contributed by atoms with E-state index >= 15 is 0 Å². The molecule has 0 radical (unpaired) electrons. The summed E-state index contributed by atoms with van der Waals surface area (Å²) >= 11 is 5.97. The van der Waals surface area contributed by atoms with Gasteiger partial charge in [0.1, 0.15) is 18.0 Å². The maximum Gasteiger partial charge on any atom is 0.135 e. The van der Waals surface area contributed by atoms with Crippen LogP contribution in [0.2, 0.25) is 5.02 Å². The summed E-state index contributed by atoms with van der Waals surface area (Å²) in [4.78, 5) is 8.42. The Kier molecular flexibility index (Phi) is 4.52.